The summed E-state index contributed by atoms with van der Waals surface area (Å²) in [5.41, 5.74) is 8.24. The molecule has 0 heterocycles. The molecule has 0 aliphatic rings. The number of ketones is 1. The first-order valence-corrected chi connectivity index (χ1v) is 6.78. The second-order valence-electron chi connectivity index (χ2n) is 4.98. The fourth-order valence-corrected chi connectivity index (χ4v) is 2.12. The van der Waals surface area contributed by atoms with Crippen LogP contribution < -0.4 is 10.5 Å². The monoisotopic (exact) mass is 299 g/mol. The van der Waals surface area contributed by atoms with E-state index in [1.54, 1.807) is 36.4 Å². The van der Waals surface area contributed by atoms with E-state index in [0.29, 0.717) is 23.6 Å². The molecule has 22 heavy (non-hydrogen) atoms. The minimum Gasteiger partial charge on any atom is -0.489 e. The zero-order valence-electron chi connectivity index (χ0n) is 12.2. The predicted octanol–water partition coefficient (Wildman–Crippen LogP) is 2.68. The molecule has 0 saturated carbocycles. The van der Waals surface area contributed by atoms with Crippen molar-refractivity contribution in [2.45, 2.75) is 20.0 Å². The highest BCUT2D eigenvalue weighted by atomic mass is 16.5. The topological polar surface area (TPSA) is 89.6 Å². The highest BCUT2D eigenvalue weighted by Gasteiger charge is 2.06. The minimum absolute atomic E-state index is 0.0197. The molecule has 2 aromatic carbocycles. The van der Waals surface area contributed by atoms with Crippen LogP contribution in [0, 0.1) is 0 Å². The molecule has 0 spiro atoms. The fourth-order valence-electron chi connectivity index (χ4n) is 2.12. The number of aliphatic carboxylic acids is 1. The molecule has 0 radical (unpaired) electrons. The Labute approximate surface area is 128 Å². The van der Waals surface area contributed by atoms with Gasteiger partial charge in [0, 0.05) is 17.3 Å². The van der Waals surface area contributed by atoms with Crippen LogP contribution in [0.5, 0.6) is 5.75 Å². The second-order valence-corrected chi connectivity index (χ2v) is 4.98. The van der Waals surface area contributed by atoms with E-state index < -0.39 is 5.97 Å². The van der Waals surface area contributed by atoms with E-state index in [2.05, 4.69) is 0 Å². The summed E-state index contributed by atoms with van der Waals surface area (Å²) in [6.07, 6.45) is -0.0197. The molecule has 5 nitrogen and oxygen atoms in total. The fraction of sp³-hybridized carbons (Fsp3) is 0.176. The van der Waals surface area contributed by atoms with Gasteiger partial charge in [0.2, 0.25) is 0 Å². The van der Waals surface area contributed by atoms with E-state index in [1.807, 2.05) is 6.07 Å². The Hall–Kier alpha value is -2.82. The predicted molar refractivity (Wildman–Crippen MR) is 83.0 cm³/mol. The lowest BCUT2D eigenvalue weighted by atomic mass is 10.1. The number of nitrogen functional groups attached to an aromatic ring is 1. The molecule has 0 atom stereocenters. The van der Waals surface area contributed by atoms with Crippen molar-refractivity contribution in [1.82, 2.24) is 0 Å². The van der Waals surface area contributed by atoms with Crippen molar-refractivity contribution < 1.29 is 19.4 Å². The number of nitrogens with two attached hydrogens (primary N) is 1. The summed E-state index contributed by atoms with van der Waals surface area (Å²) in [5, 5.41) is 8.79. The van der Waals surface area contributed by atoms with Gasteiger partial charge in [-0.3, -0.25) is 9.59 Å². The van der Waals surface area contributed by atoms with Gasteiger partial charge >= 0.3 is 5.97 Å². The first kappa shape index (κ1) is 15.6. The number of carbonyl (C=O) groups is 2. The highest BCUT2D eigenvalue weighted by Crippen LogP contribution is 2.21. The van der Waals surface area contributed by atoms with Crippen molar-refractivity contribution >= 4 is 17.4 Å². The first-order valence-electron chi connectivity index (χ1n) is 6.78. The Bertz CT molecular complexity index is 710. The smallest absolute Gasteiger partial charge is 0.307 e. The molecular weight excluding hydrogens is 282 g/mol. The molecular formula is C17H17NO4. The summed E-state index contributed by atoms with van der Waals surface area (Å²) in [6, 6.07) is 12.1. The number of ether oxygens (including phenoxy) is 1. The van der Waals surface area contributed by atoms with Gasteiger partial charge in [0.25, 0.3) is 0 Å². The average molecular weight is 299 g/mol. The molecule has 0 amide bonds. The van der Waals surface area contributed by atoms with Gasteiger partial charge in [-0.05, 0) is 30.2 Å². The van der Waals surface area contributed by atoms with Crippen LogP contribution in [0.15, 0.2) is 42.5 Å². The van der Waals surface area contributed by atoms with Crippen molar-refractivity contribution in [3.8, 4) is 5.75 Å². The molecule has 0 aliphatic carbocycles. The third-order valence-electron chi connectivity index (χ3n) is 3.15. The molecule has 2 aromatic rings. The zero-order valence-corrected chi connectivity index (χ0v) is 12.2. The maximum Gasteiger partial charge on any atom is 0.307 e. The summed E-state index contributed by atoms with van der Waals surface area (Å²) >= 11 is 0. The summed E-state index contributed by atoms with van der Waals surface area (Å²) < 4.78 is 5.63. The summed E-state index contributed by atoms with van der Waals surface area (Å²) in [4.78, 5) is 22.0. The molecule has 114 valence electrons. The van der Waals surface area contributed by atoms with Crippen molar-refractivity contribution in [3.63, 3.8) is 0 Å². The standard InChI is InChI=1S/C17H17NO4/c1-11(19)15-6-5-14(9-16(15)18)22-10-13-4-2-3-12(7-13)8-17(20)21/h2-7,9H,8,10,18H2,1H3,(H,20,21). The van der Waals surface area contributed by atoms with Gasteiger partial charge in [0.05, 0.1) is 6.42 Å². The third-order valence-corrected chi connectivity index (χ3v) is 3.15. The van der Waals surface area contributed by atoms with Gasteiger partial charge in [-0.25, -0.2) is 0 Å². The largest absolute Gasteiger partial charge is 0.489 e. The van der Waals surface area contributed by atoms with E-state index in [4.69, 9.17) is 15.6 Å². The van der Waals surface area contributed by atoms with Crippen LogP contribution in [-0.2, 0) is 17.8 Å². The van der Waals surface area contributed by atoms with Gasteiger partial charge in [-0.15, -0.1) is 0 Å². The van der Waals surface area contributed by atoms with Crippen LogP contribution in [0.2, 0.25) is 0 Å². The van der Waals surface area contributed by atoms with Crippen molar-refractivity contribution in [2.75, 3.05) is 5.73 Å². The van der Waals surface area contributed by atoms with Crippen LogP contribution in [0.25, 0.3) is 0 Å². The van der Waals surface area contributed by atoms with Gasteiger partial charge in [0.15, 0.2) is 5.78 Å². The number of rotatable bonds is 6. The number of carboxylic acid groups (broad SMARTS) is 1. The van der Waals surface area contributed by atoms with Crippen molar-refractivity contribution in [3.05, 3.63) is 59.2 Å². The number of hydrogen-bond acceptors (Lipinski definition) is 4. The molecule has 0 unspecified atom stereocenters. The molecule has 0 saturated heterocycles. The van der Waals surface area contributed by atoms with Crippen LogP contribution in [0.3, 0.4) is 0 Å². The van der Waals surface area contributed by atoms with Crippen LogP contribution in [0.1, 0.15) is 28.4 Å². The number of Topliss-reactive ketones (excluding diaryl/α,β-unsaturated/α-hetero) is 1. The van der Waals surface area contributed by atoms with Gasteiger partial charge in [-0.2, -0.15) is 0 Å². The number of carboxylic acids is 1. The highest BCUT2D eigenvalue weighted by molar-refractivity contribution is 5.99. The second kappa shape index (κ2) is 6.76. The molecule has 0 aromatic heterocycles. The molecule has 2 rings (SSSR count). The Kier molecular flexibility index (Phi) is 4.78. The van der Waals surface area contributed by atoms with Crippen LogP contribution in [0.4, 0.5) is 5.69 Å². The molecule has 3 N–H and O–H groups in total. The van der Waals surface area contributed by atoms with Crippen LogP contribution in [-0.4, -0.2) is 16.9 Å². The minimum atomic E-state index is -0.870. The summed E-state index contributed by atoms with van der Waals surface area (Å²) in [7, 11) is 0. The average Bonchev–Trinajstić information content (AvgIpc) is 2.44. The summed E-state index contributed by atoms with van der Waals surface area (Å²) in [6.45, 7) is 1.76. The lowest BCUT2D eigenvalue weighted by molar-refractivity contribution is -0.136. The lowest BCUT2D eigenvalue weighted by Gasteiger charge is -2.09. The third kappa shape index (κ3) is 4.09. The molecule has 0 bridgehead atoms. The van der Waals surface area contributed by atoms with Crippen molar-refractivity contribution in [1.29, 1.82) is 0 Å². The quantitative estimate of drug-likeness (QED) is 0.632. The summed E-state index contributed by atoms with van der Waals surface area (Å²) in [5.74, 6) is -0.401. The van der Waals surface area contributed by atoms with E-state index in [1.165, 1.54) is 6.92 Å². The maximum absolute atomic E-state index is 11.3. The maximum atomic E-state index is 11.3. The first-order chi connectivity index (χ1) is 10.5. The molecule has 5 heteroatoms. The van der Waals surface area contributed by atoms with E-state index in [-0.39, 0.29) is 12.2 Å². The Morgan fingerprint density at radius 3 is 2.50 bits per heavy atom. The molecule has 0 aliphatic heterocycles. The van der Waals surface area contributed by atoms with Crippen LogP contribution >= 0.6 is 0 Å². The van der Waals surface area contributed by atoms with Gasteiger partial charge < -0.3 is 15.6 Å². The number of benzene rings is 2. The van der Waals surface area contributed by atoms with E-state index >= 15 is 0 Å². The number of hydrogen-bond donors (Lipinski definition) is 2. The zero-order chi connectivity index (χ0) is 16.1. The van der Waals surface area contributed by atoms with E-state index in [9.17, 15) is 9.59 Å². The lowest BCUT2D eigenvalue weighted by Crippen LogP contribution is -2.03. The van der Waals surface area contributed by atoms with Crippen molar-refractivity contribution in [2.24, 2.45) is 0 Å². The molecule has 0 fully saturated rings. The van der Waals surface area contributed by atoms with Gasteiger partial charge in [0.1, 0.15) is 12.4 Å². The number of carbonyl (C=O) groups excluding carboxylic acids is 1. The SMILES string of the molecule is CC(=O)c1ccc(OCc2cccc(CC(=O)O)c2)cc1N. The Morgan fingerprint density at radius 2 is 1.86 bits per heavy atom. The normalized spacial score (nSPS) is 10.2. The number of anilines is 1. The van der Waals surface area contributed by atoms with E-state index in [0.717, 1.165) is 11.1 Å². The Morgan fingerprint density at radius 1 is 1.14 bits per heavy atom. The Balaban J connectivity index is 2.05. The van der Waals surface area contributed by atoms with Gasteiger partial charge in [-0.1, -0.05) is 24.3 Å².